The average Bonchev–Trinajstić information content (AvgIpc) is 2.07. The standard InChI is InChI=1S/C3H4N2.Na.H2O4S.H/c1-2-4-5-3-1;;1-5(2,3)4;/h1-3H,(H,4,5);;(H2,1,2,3,4);/q;+1;;-1. The van der Waals surface area contributed by atoms with E-state index in [9.17, 15) is 0 Å². The summed E-state index contributed by atoms with van der Waals surface area (Å²) in [5, 5.41) is 6.21. The van der Waals surface area contributed by atoms with Crippen molar-refractivity contribution in [2.45, 2.75) is 0 Å². The molecule has 1 aromatic rings. The van der Waals surface area contributed by atoms with Crippen LogP contribution in [0.25, 0.3) is 0 Å². The van der Waals surface area contributed by atoms with Gasteiger partial charge in [-0.15, -0.1) is 0 Å². The molecule has 0 saturated carbocycles. The van der Waals surface area contributed by atoms with Crippen LogP contribution >= 0.6 is 0 Å². The molecule has 1 rings (SSSR count). The first-order valence-corrected chi connectivity index (χ1v) is 3.53. The molecule has 0 aliphatic rings. The van der Waals surface area contributed by atoms with Crippen molar-refractivity contribution in [3.63, 3.8) is 0 Å². The molecule has 0 aliphatic heterocycles. The summed E-state index contributed by atoms with van der Waals surface area (Å²) in [5.74, 6) is 0. The van der Waals surface area contributed by atoms with Crippen molar-refractivity contribution in [1.82, 2.24) is 10.2 Å². The van der Waals surface area contributed by atoms with Crippen molar-refractivity contribution >= 4 is 10.4 Å². The first kappa shape index (κ1) is 13.7. The fraction of sp³-hybridized carbons (Fsp3) is 0. The van der Waals surface area contributed by atoms with E-state index < -0.39 is 10.4 Å². The predicted octanol–water partition coefficient (Wildman–Crippen LogP) is -3.13. The Labute approximate surface area is 87.4 Å². The first-order chi connectivity index (χ1) is 4.50. The number of hydrogen-bond donors (Lipinski definition) is 3. The van der Waals surface area contributed by atoms with Gasteiger partial charge in [-0.1, -0.05) is 0 Å². The number of aromatic amines is 1. The number of rotatable bonds is 0. The predicted molar refractivity (Wildman–Crippen MR) is 33.9 cm³/mol. The summed E-state index contributed by atoms with van der Waals surface area (Å²) >= 11 is 0. The Morgan fingerprint density at radius 2 is 1.91 bits per heavy atom. The summed E-state index contributed by atoms with van der Waals surface area (Å²) in [7, 11) is -4.67. The molecule has 0 amide bonds. The van der Waals surface area contributed by atoms with Crippen LogP contribution in [0.15, 0.2) is 18.5 Å². The zero-order valence-corrected chi connectivity index (χ0v) is 8.61. The van der Waals surface area contributed by atoms with Crippen LogP contribution in [0.4, 0.5) is 0 Å². The molecule has 6 nitrogen and oxygen atoms in total. The number of aromatic nitrogens is 2. The maximum absolute atomic E-state index is 8.74. The van der Waals surface area contributed by atoms with Crippen LogP contribution in [0.1, 0.15) is 1.43 Å². The van der Waals surface area contributed by atoms with E-state index in [4.69, 9.17) is 17.5 Å². The fourth-order valence-corrected chi connectivity index (χ4v) is 0.215. The van der Waals surface area contributed by atoms with E-state index in [1.165, 1.54) is 0 Å². The van der Waals surface area contributed by atoms with E-state index >= 15 is 0 Å². The molecule has 60 valence electrons. The Hall–Kier alpha value is 0.0800. The smallest absolute Gasteiger partial charge is 1.00 e. The molecule has 0 aromatic carbocycles. The van der Waals surface area contributed by atoms with Crippen molar-refractivity contribution in [1.29, 1.82) is 0 Å². The second-order valence-corrected chi connectivity index (χ2v) is 2.11. The van der Waals surface area contributed by atoms with Gasteiger partial charge in [0.15, 0.2) is 0 Å². The number of hydrogen-bond acceptors (Lipinski definition) is 3. The molecule has 1 aromatic heterocycles. The van der Waals surface area contributed by atoms with Crippen LogP contribution in [0.3, 0.4) is 0 Å². The van der Waals surface area contributed by atoms with Gasteiger partial charge < -0.3 is 1.43 Å². The zero-order chi connectivity index (χ0) is 8.04. The molecule has 0 bridgehead atoms. The van der Waals surface area contributed by atoms with Gasteiger partial charge in [0.1, 0.15) is 0 Å². The van der Waals surface area contributed by atoms with Crippen molar-refractivity contribution in [2.75, 3.05) is 0 Å². The van der Waals surface area contributed by atoms with E-state index in [0.29, 0.717) is 0 Å². The number of nitrogens with one attached hydrogen (secondary N) is 1. The molecule has 8 heteroatoms. The normalized spacial score (nSPS) is 8.91. The Kier molecular flexibility index (Phi) is 8.40. The summed E-state index contributed by atoms with van der Waals surface area (Å²) < 4.78 is 31.6. The maximum Gasteiger partial charge on any atom is 1.00 e. The molecule has 0 radical (unpaired) electrons. The van der Waals surface area contributed by atoms with Crippen LogP contribution in [0, 0.1) is 0 Å². The molecular formula is C3H7N2NaO4S. The molecule has 0 aliphatic carbocycles. The molecule has 3 N–H and O–H groups in total. The minimum absolute atomic E-state index is 0. The summed E-state index contributed by atoms with van der Waals surface area (Å²) in [6, 6.07) is 1.83. The van der Waals surface area contributed by atoms with Gasteiger partial charge in [-0.3, -0.25) is 14.2 Å². The second kappa shape index (κ2) is 6.77. The maximum atomic E-state index is 8.74. The van der Waals surface area contributed by atoms with Crippen molar-refractivity contribution in [3.8, 4) is 0 Å². The van der Waals surface area contributed by atoms with Crippen molar-refractivity contribution in [3.05, 3.63) is 18.5 Å². The number of H-pyrrole nitrogens is 1. The molecule has 0 spiro atoms. The van der Waals surface area contributed by atoms with Gasteiger partial charge in [0, 0.05) is 12.4 Å². The fourth-order valence-electron chi connectivity index (χ4n) is 0.215. The largest absolute Gasteiger partial charge is 1.00 e. The minimum Gasteiger partial charge on any atom is -1.00 e. The van der Waals surface area contributed by atoms with E-state index in [1.807, 2.05) is 6.07 Å². The van der Waals surface area contributed by atoms with Crippen LogP contribution in [-0.2, 0) is 10.4 Å². The average molecular weight is 190 g/mol. The van der Waals surface area contributed by atoms with E-state index in [2.05, 4.69) is 10.2 Å². The Balaban J connectivity index is -0.000000116. The van der Waals surface area contributed by atoms with Crippen LogP contribution < -0.4 is 29.6 Å². The molecule has 0 fully saturated rings. The quantitative estimate of drug-likeness (QED) is 0.296. The van der Waals surface area contributed by atoms with E-state index in [-0.39, 0.29) is 31.0 Å². The Bertz CT molecular complexity index is 224. The summed E-state index contributed by atoms with van der Waals surface area (Å²) in [5.41, 5.74) is 0. The van der Waals surface area contributed by atoms with Crippen molar-refractivity contribution in [2.24, 2.45) is 0 Å². The SMILES string of the molecule is O=S(=O)(O)O.[H-].[Na+].c1cn[nH]c1. The van der Waals surface area contributed by atoms with Gasteiger partial charge in [-0.05, 0) is 6.07 Å². The molecule has 0 saturated heterocycles. The van der Waals surface area contributed by atoms with E-state index in [1.54, 1.807) is 12.4 Å². The Morgan fingerprint density at radius 1 is 1.45 bits per heavy atom. The van der Waals surface area contributed by atoms with E-state index in [0.717, 1.165) is 0 Å². The molecule has 11 heavy (non-hydrogen) atoms. The third-order valence-corrected chi connectivity index (χ3v) is 0.406. The first-order valence-electron chi connectivity index (χ1n) is 2.14. The van der Waals surface area contributed by atoms with Gasteiger partial charge >= 0.3 is 40.0 Å². The van der Waals surface area contributed by atoms with Gasteiger partial charge in [0.05, 0.1) is 0 Å². The van der Waals surface area contributed by atoms with Crippen LogP contribution in [0.5, 0.6) is 0 Å². The molecule has 1 heterocycles. The second-order valence-electron chi connectivity index (χ2n) is 1.21. The third-order valence-electron chi connectivity index (χ3n) is 0.406. The summed E-state index contributed by atoms with van der Waals surface area (Å²) in [6.07, 6.45) is 3.46. The zero-order valence-electron chi connectivity index (χ0n) is 6.80. The van der Waals surface area contributed by atoms with Crippen molar-refractivity contribution < 1.29 is 48.5 Å². The Morgan fingerprint density at radius 3 is 2.00 bits per heavy atom. The van der Waals surface area contributed by atoms with Crippen LogP contribution in [0.2, 0.25) is 0 Å². The minimum atomic E-state index is -4.67. The van der Waals surface area contributed by atoms with Gasteiger partial charge in [0.25, 0.3) is 0 Å². The number of nitrogens with zero attached hydrogens (tertiary/aromatic N) is 1. The summed E-state index contributed by atoms with van der Waals surface area (Å²) in [6.45, 7) is 0. The molecule has 0 unspecified atom stereocenters. The van der Waals surface area contributed by atoms with Gasteiger partial charge in [-0.25, -0.2) is 0 Å². The van der Waals surface area contributed by atoms with Gasteiger partial charge in [0.2, 0.25) is 0 Å². The monoisotopic (exact) mass is 190 g/mol. The topological polar surface area (TPSA) is 103 Å². The third kappa shape index (κ3) is 25.5. The van der Waals surface area contributed by atoms with Crippen LogP contribution in [-0.4, -0.2) is 27.7 Å². The molecular weight excluding hydrogens is 183 g/mol. The molecule has 0 atom stereocenters. The van der Waals surface area contributed by atoms with Gasteiger partial charge in [-0.2, -0.15) is 13.5 Å². The summed E-state index contributed by atoms with van der Waals surface area (Å²) in [4.78, 5) is 0.